The summed E-state index contributed by atoms with van der Waals surface area (Å²) in [6.45, 7) is 8.30. The molecule has 0 heterocycles. The molecule has 0 aliphatic carbocycles. The quantitative estimate of drug-likeness (QED) is 0.820. The van der Waals surface area contributed by atoms with Gasteiger partial charge in [-0.05, 0) is 37.0 Å². The predicted octanol–water partition coefficient (Wildman–Crippen LogP) is 3.42. The van der Waals surface area contributed by atoms with E-state index in [4.69, 9.17) is 4.74 Å². The van der Waals surface area contributed by atoms with Gasteiger partial charge in [0.25, 0.3) is 0 Å². The van der Waals surface area contributed by atoms with E-state index in [1.165, 1.54) is 5.56 Å². The van der Waals surface area contributed by atoms with Crippen LogP contribution in [0.1, 0.15) is 39.7 Å². The number of hydrogen-bond acceptors (Lipinski definition) is 2. The van der Waals surface area contributed by atoms with Crippen molar-refractivity contribution in [2.75, 3.05) is 6.61 Å². The first-order chi connectivity index (χ1) is 7.95. The second kappa shape index (κ2) is 6.06. The van der Waals surface area contributed by atoms with Gasteiger partial charge in [0, 0.05) is 0 Å². The average Bonchev–Trinajstić information content (AvgIpc) is 2.28. The van der Waals surface area contributed by atoms with Gasteiger partial charge in [0.05, 0.1) is 5.60 Å². The topological polar surface area (TPSA) is 29.5 Å². The van der Waals surface area contributed by atoms with E-state index in [9.17, 15) is 5.11 Å². The second-order valence-corrected chi connectivity index (χ2v) is 5.19. The molecule has 1 N–H and O–H groups in total. The average molecular weight is 236 g/mol. The minimum Gasteiger partial charge on any atom is -0.491 e. The van der Waals surface area contributed by atoms with Gasteiger partial charge in [0.2, 0.25) is 0 Å². The fourth-order valence-corrected chi connectivity index (χ4v) is 1.44. The summed E-state index contributed by atoms with van der Waals surface area (Å²) in [5.74, 6) is 1.01. The zero-order valence-electron chi connectivity index (χ0n) is 11.4. The molecule has 1 unspecified atom stereocenters. The van der Waals surface area contributed by atoms with Crippen LogP contribution in [0.2, 0.25) is 0 Å². The molecule has 2 nitrogen and oxygen atoms in total. The number of aryl methyl sites for hydroxylation is 1. The number of aliphatic hydroxyl groups is 1. The van der Waals surface area contributed by atoms with Crippen LogP contribution in [0.3, 0.4) is 0 Å². The summed E-state index contributed by atoms with van der Waals surface area (Å²) in [6.07, 6.45) is 2.26. The van der Waals surface area contributed by atoms with Gasteiger partial charge in [0.15, 0.2) is 0 Å². The van der Waals surface area contributed by atoms with E-state index in [-0.39, 0.29) is 5.92 Å². The Hall–Kier alpha value is -1.02. The molecular formula is C15H24O2. The first-order valence-corrected chi connectivity index (χ1v) is 6.40. The lowest BCUT2D eigenvalue weighted by Crippen LogP contribution is -2.37. The Labute approximate surface area is 105 Å². The van der Waals surface area contributed by atoms with Gasteiger partial charge in [-0.1, -0.05) is 39.3 Å². The van der Waals surface area contributed by atoms with Gasteiger partial charge >= 0.3 is 0 Å². The zero-order chi connectivity index (χ0) is 12.9. The Morgan fingerprint density at radius 3 is 2.29 bits per heavy atom. The predicted molar refractivity (Wildman–Crippen MR) is 71.4 cm³/mol. The smallest absolute Gasteiger partial charge is 0.119 e. The SMILES string of the molecule is CCCc1ccc(OCC(C)(O)C(C)C)cc1. The number of ether oxygens (including phenoxy) is 1. The molecule has 2 heteroatoms. The fraction of sp³-hybridized carbons (Fsp3) is 0.600. The van der Waals surface area contributed by atoms with Gasteiger partial charge in [-0.15, -0.1) is 0 Å². The molecule has 1 aromatic rings. The number of benzene rings is 1. The molecule has 96 valence electrons. The van der Waals surface area contributed by atoms with Crippen LogP contribution in [-0.4, -0.2) is 17.3 Å². The van der Waals surface area contributed by atoms with Crippen molar-refractivity contribution >= 4 is 0 Å². The third-order valence-electron chi connectivity index (χ3n) is 3.24. The third kappa shape index (κ3) is 4.39. The Bertz CT molecular complexity index is 325. The first-order valence-electron chi connectivity index (χ1n) is 6.40. The minimum atomic E-state index is -0.776. The maximum atomic E-state index is 10.1. The summed E-state index contributed by atoms with van der Waals surface area (Å²) < 4.78 is 5.62. The van der Waals surface area contributed by atoms with Crippen molar-refractivity contribution in [1.82, 2.24) is 0 Å². The van der Waals surface area contributed by atoms with Gasteiger partial charge in [-0.25, -0.2) is 0 Å². The van der Waals surface area contributed by atoms with Gasteiger partial charge in [-0.3, -0.25) is 0 Å². The van der Waals surface area contributed by atoms with E-state index in [1.54, 1.807) is 0 Å². The van der Waals surface area contributed by atoms with Crippen molar-refractivity contribution in [3.05, 3.63) is 29.8 Å². The Kier molecular flexibility index (Phi) is 5.01. The monoisotopic (exact) mass is 236 g/mol. The van der Waals surface area contributed by atoms with Gasteiger partial charge in [0.1, 0.15) is 12.4 Å². The van der Waals surface area contributed by atoms with Crippen molar-refractivity contribution < 1.29 is 9.84 Å². The molecule has 0 fully saturated rings. The van der Waals surface area contributed by atoms with Crippen LogP contribution in [0, 0.1) is 5.92 Å². The van der Waals surface area contributed by atoms with Crippen molar-refractivity contribution in [2.45, 2.75) is 46.1 Å². The molecule has 0 radical (unpaired) electrons. The molecule has 1 rings (SSSR count). The van der Waals surface area contributed by atoms with Crippen LogP contribution in [0.5, 0.6) is 5.75 Å². The lowest BCUT2D eigenvalue weighted by Gasteiger charge is -2.27. The van der Waals surface area contributed by atoms with E-state index >= 15 is 0 Å². The molecule has 0 spiro atoms. The minimum absolute atomic E-state index is 0.182. The Morgan fingerprint density at radius 1 is 1.24 bits per heavy atom. The Morgan fingerprint density at radius 2 is 1.82 bits per heavy atom. The molecule has 0 saturated heterocycles. The van der Waals surface area contributed by atoms with Crippen LogP contribution >= 0.6 is 0 Å². The van der Waals surface area contributed by atoms with Crippen LogP contribution in [0.25, 0.3) is 0 Å². The highest BCUT2D eigenvalue weighted by molar-refractivity contribution is 5.27. The molecule has 0 aliphatic heterocycles. The van der Waals surface area contributed by atoms with E-state index in [1.807, 2.05) is 32.9 Å². The molecule has 0 saturated carbocycles. The zero-order valence-corrected chi connectivity index (χ0v) is 11.4. The second-order valence-electron chi connectivity index (χ2n) is 5.19. The van der Waals surface area contributed by atoms with Crippen molar-refractivity contribution in [1.29, 1.82) is 0 Å². The molecule has 1 aromatic carbocycles. The largest absolute Gasteiger partial charge is 0.491 e. The molecule has 0 aliphatic rings. The van der Waals surface area contributed by atoms with Crippen LogP contribution in [0.4, 0.5) is 0 Å². The first kappa shape index (κ1) is 14.0. The van der Waals surface area contributed by atoms with E-state index in [2.05, 4.69) is 19.1 Å². The number of hydrogen-bond donors (Lipinski definition) is 1. The fourth-order valence-electron chi connectivity index (χ4n) is 1.44. The summed E-state index contributed by atoms with van der Waals surface area (Å²) >= 11 is 0. The molecule has 1 atom stereocenters. The number of rotatable bonds is 6. The van der Waals surface area contributed by atoms with Gasteiger partial charge in [-0.2, -0.15) is 0 Å². The van der Waals surface area contributed by atoms with Crippen molar-refractivity contribution in [3.8, 4) is 5.75 Å². The van der Waals surface area contributed by atoms with E-state index < -0.39 is 5.60 Å². The molecule has 17 heavy (non-hydrogen) atoms. The lowest BCUT2D eigenvalue weighted by atomic mass is 9.94. The van der Waals surface area contributed by atoms with Gasteiger partial charge < -0.3 is 9.84 Å². The highest BCUT2D eigenvalue weighted by Gasteiger charge is 2.25. The highest BCUT2D eigenvalue weighted by Crippen LogP contribution is 2.19. The van der Waals surface area contributed by atoms with Crippen LogP contribution in [0.15, 0.2) is 24.3 Å². The highest BCUT2D eigenvalue weighted by atomic mass is 16.5. The Balaban J connectivity index is 2.52. The third-order valence-corrected chi connectivity index (χ3v) is 3.24. The van der Waals surface area contributed by atoms with Crippen LogP contribution in [-0.2, 0) is 6.42 Å². The van der Waals surface area contributed by atoms with Crippen molar-refractivity contribution in [2.24, 2.45) is 5.92 Å². The summed E-state index contributed by atoms with van der Waals surface area (Å²) in [5.41, 5.74) is 0.553. The summed E-state index contributed by atoms with van der Waals surface area (Å²) in [7, 11) is 0. The molecule has 0 amide bonds. The summed E-state index contributed by atoms with van der Waals surface area (Å²) in [6, 6.07) is 8.12. The normalized spacial score (nSPS) is 14.7. The summed E-state index contributed by atoms with van der Waals surface area (Å²) in [5, 5.41) is 10.1. The van der Waals surface area contributed by atoms with Crippen molar-refractivity contribution in [3.63, 3.8) is 0 Å². The molecule has 0 bridgehead atoms. The van der Waals surface area contributed by atoms with E-state index in [0.717, 1.165) is 18.6 Å². The standard InChI is InChI=1S/C15H24O2/c1-5-6-13-7-9-14(10-8-13)17-11-15(4,16)12(2)3/h7-10,12,16H,5-6,11H2,1-4H3. The van der Waals surface area contributed by atoms with Crippen LogP contribution < -0.4 is 4.74 Å². The lowest BCUT2D eigenvalue weighted by molar-refractivity contribution is -0.0266. The molecule has 0 aromatic heterocycles. The molecular weight excluding hydrogens is 212 g/mol. The maximum Gasteiger partial charge on any atom is 0.119 e. The van der Waals surface area contributed by atoms with E-state index in [0.29, 0.717) is 6.61 Å². The maximum absolute atomic E-state index is 10.1. The summed E-state index contributed by atoms with van der Waals surface area (Å²) in [4.78, 5) is 0.